The largest absolute Gasteiger partial charge is 0.487 e. The first-order valence-electron chi connectivity index (χ1n) is 6.11. The van der Waals surface area contributed by atoms with E-state index in [1.807, 2.05) is 30.3 Å². The lowest BCUT2D eigenvalue weighted by atomic mass is 10.0. The molecule has 0 heterocycles. The van der Waals surface area contributed by atoms with Crippen LogP contribution in [-0.4, -0.2) is 11.9 Å². The van der Waals surface area contributed by atoms with Gasteiger partial charge in [-0.25, -0.2) is 8.78 Å². The summed E-state index contributed by atoms with van der Waals surface area (Å²) in [7, 11) is 0. The maximum Gasteiger partial charge on any atom is 0.203 e. The normalized spacial score (nSPS) is 12.2. The van der Waals surface area contributed by atoms with Gasteiger partial charge in [-0.2, -0.15) is 8.78 Å². The molecule has 2 aromatic carbocycles. The van der Waals surface area contributed by atoms with Gasteiger partial charge in [0, 0.05) is 17.3 Å². The Kier molecular flexibility index (Phi) is 5.22. The Labute approximate surface area is 127 Å². The van der Waals surface area contributed by atoms with Crippen molar-refractivity contribution < 1.29 is 22.3 Å². The highest BCUT2D eigenvalue weighted by Crippen LogP contribution is 2.28. The number of rotatable bonds is 5. The van der Waals surface area contributed by atoms with Crippen LogP contribution in [0.5, 0.6) is 5.75 Å². The average molecular weight is 363 g/mol. The number of hydrogen-bond donors (Lipinski definition) is 0. The van der Waals surface area contributed by atoms with Crippen LogP contribution in [0.25, 0.3) is 0 Å². The molecular formula is C15H11BrF4O. The van der Waals surface area contributed by atoms with E-state index in [2.05, 4.69) is 15.9 Å². The second kappa shape index (κ2) is 6.93. The average Bonchev–Trinajstić information content (AvgIpc) is 2.50. The van der Waals surface area contributed by atoms with E-state index in [9.17, 15) is 17.6 Å². The van der Waals surface area contributed by atoms with Crippen LogP contribution < -0.4 is 4.74 Å². The van der Waals surface area contributed by atoms with Crippen molar-refractivity contribution in [1.82, 2.24) is 0 Å². The molecule has 0 fully saturated rings. The Morgan fingerprint density at radius 1 is 0.952 bits per heavy atom. The molecular weight excluding hydrogens is 352 g/mol. The lowest BCUT2D eigenvalue weighted by Crippen LogP contribution is -2.14. The minimum absolute atomic E-state index is 0.119. The van der Waals surface area contributed by atoms with Gasteiger partial charge < -0.3 is 4.74 Å². The standard InChI is InChI=1S/C15H11BrF4O/c16-7-10(9-4-2-1-3-5-9)8-21-15-13(19)11(17)6-12(18)14(15)20/h1-6,10H,7-8H2. The Bertz CT molecular complexity index is 593. The van der Waals surface area contributed by atoms with Crippen molar-refractivity contribution in [3.8, 4) is 5.75 Å². The van der Waals surface area contributed by atoms with Gasteiger partial charge in [0.05, 0.1) is 6.61 Å². The van der Waals surface area contributed by atoms with Gasteiger partial charge in [-0.05, 0) is 5.56 Å². The third-order valence-corrected chi connectivity index (χ3v) is 3.74. The predicted octanol–water partition coefficient (Wildman–Crippen LogP) is 4.80. The molecule has 112 valence electrons. The van der Waals surface area contributed by atoms with Crippen LogP contribution in [0.15, 0.2) is 36.4 Å². The van der Waals surface area contributed by atoms with Crippen LogP contribution in [0.1, 0.15) is 11.5 Å². The molecule has 0 spiro atoms. The minimum atomic E-state index is -1.53. The molecule has 1 nitrogen and oxygen atoms in total. The first-order chi connectivity index (χ1) is 10.0. The lowest BCUT2D eigenvalue weighted by Gasteiger charge is -2.16. The Morgan fingerprint density at radius 2 is 1.52 bits per heavy atom. The summed E-state index contributed by atoms with van der Waals surface area (Å²) in [5, 5.41) is 0.470. The van der Waals surface area contributed by atoms with Gasteiger partial charge in [-0.1, -0.05) is 46.3 Å². The van der Waals surface area contributed by atoms with Gasteiger partial charge in [0.15, 0.2) is 17.4 Å². The van der Waals surface area contributed by atoms with E-state index in [1.54, 1.807) is 0 Å². The summed E-state index contributed by atoms with van der Waals surface area (Å²) in [4.78, 5) is 0. The molecule has 21 heavy (non-hydrogen) atoms. The number of hydrogen-bond acceptors (Lipinski definition) is 1. The summed E-state index contributed by atoms with van der Waals surface area (Å²) < 4.78 is 58.1. The molecule has 0 aliphatic heterocycles. The third-order valence-electron chi connectivity index (χ3n) is 2.96. The van der Waals surface area contributed by atoms with Crippen molar-refractivity contribution in [2.75, 3.05) is 11.9 Å². The van der Waals surface area contributed by atoms with Crippen LogP contribution >= 0.6 is 15.9 Å². The third kappa shape index (κ3) is 3.56. The number of benzene rings is 2. The van der Waals surface area contributed by atoms with Gasteiger partial charge in [-0.15, -0.1) is 0 Å². The smallest absolute Gasteiger partial charge is 0.203 e. The zero-order valence-electron chi connectivity index (χ0n) is 10.8. The highest BCUT2D eigenvalue weighted by Gasteiger charge is 2.22. The van der Waals surface area contributed by atoms with Crippen molar-refractivity contribution in [3.63, 3.8) is 0 Å². The SMILES string of the molecule is Fc1cc(F)c(F)c(OCC(CBr)c2ccccc2)c1F. The zero-order chi connectivity index (χ0) is 15.4. The Balaban J connectivity index is 2.19. The van der Waals surface area contributed by atoms with E-state index in [4.69, 9.17) is 4.74 Å². The monoisotopic (exact) mass is 362 g/mol. The minimum Gasteiger partial charge on any atom is -0.487 e. The molecule has 6 heteroatoms. The van der Waals surface area contributed by atoms with E-state index >= 15 is 0 Å². The fourth-order valence-electron chi connectivity index (χ4n) is 1.82. The topological polar surface area (TPSA) is 9.23 Å². The van der Waals surface area contributed by atoms with Crippen LogP contribution in [0.3, 0.4) is 0 Å². The van der Waals surface area contributed by atoms with E-state index in [0.717, 1.165) is 5.56 Å². The highest BCUT2D eigenvalue weighted by atomic mass is 79.9. The fraction of sp³-hybridized carbons (Fsp3) is 0.200. The van der Waals surface area contributed by atoms with Crippen LogP contribution in [0.4, 0.5) is 17.6 Å². The molecule has 0 aromatic heterocycles. The van der Waals surface area contributed by atoms with Crippen molar-refractivity contribution in [3.05, 3.63) is 65.2 Å². The van der Waals surface area contributed by atoms with Gasteiger partial charge in [0.1, 0.15) is 0 Å². The van der Waals surface area contributed by atoms with Gasteiger partial charge >= 0.3 is 0 Å². The zero-order valence-corrected chi connectivity index (χ0v) is 12.3. The molecule has 1 unspecified atom stereocenters. The Hall–Kier alpha value is -1.56. The molecule has 2 aromatic rings. The van der Waals surface area contributed by atoms with Crippen molar-refractivity contribution >= 4 is 15.9 Å². The van der Waals surface area contributed by atoms with Crippen molar-refractivity contribution in [2.45, 2.75) is 5.92 Å². The summed E-state index contributed by atoms with van der Waals surface area (Å²) in [6.45, 7) is -0.119. The van der Waals surface area contributed by atoms with E-state index < -0.39 is 29.0 Å². The van der Waals surface area contributed by atoms with E-state index in [0.29, 0.717) is 5.33 Å². The summed E-state index contributed by atoms with van der Waals surface area (Å²) in [5.41, 5.74) is 0.882. The summed E-state index contributed by atoms with van der Waals surface area (Å²) in [5.74, 6) is -7.28. The summed E-state index contributed by atoms with van der Waals surface area (Å²) in [6, 6.07) is 9.26. The molecule has 0 bridgehead atoms. The maximum absolute atomic E-state index is 13.5. The van der Waals surface area contributed by atoms with Crippen LogP contribution in [-0.2, 0) is 0 Å². The van der Waals surface area contributed by atoms with E-state index in [-0.39, 0.29) is 18.6 Å². The van der Waals surface area contributed by atoms with Gasteiger partial charge in [0.25, 0.3) is 0 Å². The van der Waals surface area contributed by atoms with Crippen molar-refractivity contribution in [1.29, 1.82) is 0 Å². The van der Waals surface area contributed by atoms with Crippen molar-refractivity contribution in [2.24, 2.45) is 0 Å². The Morgan fingerprint density at radius 3 is 2.05 bits per heavy atom. The summed E-state index contributed by atoms with van der Waals surface area (Å²) >= 11 is 3.28. The molecule has 2 rings (SSSR count). The molecule has 0 saturated heterocycles. The predicted molar refractivity (Wildman–Crippen MR) is 74.7 cm³/mol. The fourth-order valence-corrected chi connectivity index (χ4v) is 2.38. The molecule has 1 atom stereocenters. The first kappa shape index (κ1) is 15.8. The molecule has 0 aliphatic carbocycles. The number of ether oxygens (including phenoxy) is 1. The number of halogens is 5. The van der Waals surface area contributed by atoms with Crippen LogP contribution in [0, 0.1) is 23.3 Å². The van der Waals surface area contributed by atoms with Crippen LogP contribution in [0.2, 0.25) is 0 Å². The number of alkyl halides is 1. The maximum atomic E-state index is 13.5. The second-order valence-corrected chi connectivity index (χ2v) is 5.02. The summed E-state index contributed by atoms with van der Waals surface area (Å²) in [6.07, 6.45) is 0. The quantitative estimate of drug-likeness (QED) is 0.421. The molecule has 0 N–H and O–H groups in total. The van der Waals surface area contributed by atoms with Gasteiger partial charge in [-0.3, -0.25) is 0 Å². The first-order valence-corrected chi connectivity index (χ1v) is 7.23. The molecule has 0 saturated carbocycles. The second-order valence-electron chi connectivity index (χ2n) is 4.37. The lowest BCUT2D eigenvalue weighted by molar-refractivity contribution is 0.258. The van der Waals surface area contributed by atoms with Gasteiger partial charge in [0.2, 0.25) is 11.6 Å². The van der Waals surface area contributed by atoms with E-state index in [1.165, 1.54) is 0 Å². The highest BCUT2D eigenvalue weighted by molar-refractivity contribution is 9.09. The molecule has 0 aliphatic rings. The molecule has 0 amide bonds. The molecule has 0 radical (unpaired) electrons.